The van der Waals surface area contributed by atoms with Crippen molar-refractivity contribution in [2.75, 3.05) is 20.7 Å². The Morgan fingerprint density at radius 2 is 2.04 bits per heavy atom. The molecule has 1 heterocycles. The number of carbonyl (C=O) groups is 1. The van der Waals surface area contributed by atoms with E-state index in [0.717, 1.165) is 23.3 Å². The number of benzene rings is 2. The number of ether oxygens (including phenoxy) is 1. The molecule has 0 spiro atoms. The summed E-state index contributed by atoms with van der Waals surface area (Å²) in [5, 5.41) is 4.19. The molecule has 0 saturated carbocycles. The first-order chi connectivity index (χ1) is 12.2. The first-order valence-corrected chi connectivity index (χ1v) is 8.34. The lowest BCUT2D eigenvalue weighted by atomic mass is 10.1. The van der Waals surface area contributed by atoms with Gasteiger partial charge in [0.1, 0.15) is 5.75 Å². The van der Waals surface area contributed by atoms with Crippen molar-refractivity contribution in [1.82, 2.24) is 15.2 Å². The van der Waals surface area contributed by atoms with Crippen molar-refractivity contribution < 1.29 is 9.53 Å². The standard InChI is InChI=1S/C20H23N3O2/c1-23(14-15-6-5-7-17(12-15)25-2)20(24)21-11-10-16-13-22-19-9-4-3-8-18(16)19/h3-9,12-13,22H,10-11,14H2,1-2H3,(H,21,24). The predicted octanol–water partition coefficient (Wildman–Crippen LogP) is 3.56. The maximum Gasteiger partial charge on any atom is 0.317 e. The number of rotatable bonds is 6. The van der Waals surface area contributed by atoms with Crippen LogP contribution in [0.25, 0.3) is 10.9 Å². The van der Waals surface area contributed by atoms with Crippen LogP contribution in [0.3, 0.4) is 0 Å². The van der Waals surface area contributed by atoms with Crippen LogP contribution in [-0.4, -0.2) is 36.6 Å². The van der Waals surface area contributed by atoms with Gasteiger partial charge in [0.25, 0.3) is 0 Å². The molecular weight excluding hydrogens is 314 g/mol. The lowest BCUT2D eigenvalue weighted by Gasteiger charge is -2.18. The molecule has 0 saturated heterocycles. The van der Waals surface area contributed by atoms with Crippen molar-refractivity contribution in [2.24, 2.45) is 0 Å². The molecule has 0 unspecified atom stereocenters. The highest BCUT2D eigenvalue weighted by molar-refractivity contribution is 5.83. The topological polar surface area (TPSA) is 57.4 Å². The Kier molecular flexibility index (Phi) is 5.23. The number of hydrogen-bond donors (Lipinski definition) is 2. The molecule has 5 nitrogen and oxygen atoms in total. The molecule has 3 aromatic rings. The lowest BCUT2D eigenvalue weighted by Crippen LogP contribution is -2.37. The molecule has 0 aliphatic heterocycles. The van der Waals surface area contributed by atoms with E-state index in [1.807, 2.05) is 42.6 Å². The molecule has 0 bridgehead atoms. The van der Waals surface area contributed by atoms with Gasteiger partial charge in [-0.2, -0.15) is 0 Å². The number of carbonyl (C=O) groups excluding carboxylic acids is 1. The zero-order valence-electron chi connectivity index (χ0n) is 14.6. The van der Waals surface area contributed by atoms with Crippen LogP contribution in [0.4, 0.5) is 4.79 Å². The van der Waals surface area contributed by atoms with E-state index < -0.39 is 0 Å². The molecule has 0 aliphatic rings. The van der Waals surface area contributed by atoms with E-state index in [9.17, 15) is 4.79 Å². The molecule has 0 atom stereocenters. The first kappa shape index (κ1) is 16.9. The Labute approximate surface area is 147 Å². The van der Waals surface area contributed by atoms with E-state index >= 15 is 0 Å². The Morgan fingerprint density at radius 3 is 2.88 bits per heavy atom. The highest BCUT2D eigenvalue weighted by Gasteiger charge is 2.10. The lowest BCUT2D eigenvalue weighted by molar-refractivity contribution is 0.207. The summed E-state index contributed by atoms with van der Waals surface area (Å²) < 4.78 is 5.22. The maximum atomic E-state index is 12.3. The number of H-pyrrole nitrogens is 1. The maximum absolute atomic E-state index is 12.3. The van der Waals surface area contributed by atoms with Gasteiger partial charge in [0.05, 0.1) is 7.11 Å². The first-order valence-electron chi connectivity index (χ1n) is 8.34. The number of urea groups is 1. The number of amides is 2. The average Bonchev–Trinajstić information content (AvgIpc) is 3.05. The van der Waals surface area contributed by atoms with Crippen molar-refractivity contribution in [1.29, 1.82) is 0 Å². The minimum Gasteiger partial charge on any atom is -0.497 e. The number of hydrogen-bond acceptors (Lipinski definition) is 2. The summed E-state index contributed by atoms with van der Waals surface area (Å²) in [6.45, 7) is 1.14. The Bertz CT molecular complexity index is 857. The van der Waals surface area contributed by atoms with Crippen LogP contribution in [0.5, 0.6) is 5.75 Å². The number of aromatic amines is 1. The van der Waals surface area contributed by atoms with Crippen molar-refractivity contribution >= 4 is 16.9 Å². The Balaban J connectivity index is 1.51. The largest absolute Gasteiger partial charge is 0.497 e. The third-order valence-electron chi connectivity index (χ3n) is 4.25. The number of nitrogens with zero attached hydrogens (tertiary/aromatic N) is 1. The Hall–Kier alpha value is -2.95. The number of aromatic nitrogens is 1. The molecule has 2 N–H and O–H groups in total. The molecule has 1 aromatic heterocycles. The fraction of sp³-hybridized carbons (Fsp3) is 0.250. The zero-order chi connectivity index (χ0) is 17.6. The Morgan fingerprint density at radius 1 is 1.20 bits per heavy atom. The fourth-order valence-corrected chi connectivity index (χ4v) is 2.89. The highest BCUT2D eigenvalue weighted by Crippen LogP contribution is 2.18. The van der Waals surface area contributed by atoms with Crippen molar-refractivity contribution in [2.45, 2.75) is 13.0 Å². The molecule has 2 amide bonds. The number of para-hydroxylation sites is 1. The summed E-state index contributed by atoms with van der Waals surface area (Å²) in [4.78, 5) is 17.2. The normalized spacial score (nSPS) is 10.6. The third-order valence-corrected chi connectivity index (χ3v) is 4.25. The molecular formula is C20H23N3O2. The van der Waals surface area contributed by atoms with E-state index in [4.69, 9.17) is 4.74 Å². The van der Waals surface area contributed by atoms with Gasteiger partial charge in [-0.25, -0.2) is 4.79 Å². The highest BCUT2D eigenvalue weighted by atomic mass is 16.5. The molecule has 0 fully saturated rings. The smallest absolute Gasteiger partial charge is 0.317 e. The monoisotopic (exact) mass is 337 g/mol. The van der Waals surface area contributed by atoms with Crippen LogP contribution in [0, 0.1) is 0 Å². The van der Waals surface area contributed by atoms with Crippen LogP contribution < -0.4 is 10.1 Å². The van der Waals surface area contributed by atoms with Gasteiger partial charge < -0.3 is 19.9 Å². The second-order valence-corrected chi connectivity index (χ2v) is 6.05. The molecule has 3 rings (SSSR count). The number of nitrogens with one attached hydrogen (secondary N) is 2. The summed E-state index contributed by atoms with van der Waals surface area (Å²) in [5.41, 5.74) is 3.37. The van der Waals surface area contributed by atoms with Gasteiger partial charge in [-0.1, -0.05) is 30.3 Å². The van der Waals surface area contributed by atoms with Crippen LogP contribution in [-0.2, 0) is 13.0 Å². The number of fused-ring (bicyclic) bond motifs is 1. The third kappa shape index (κ3) is 4.12. The second-order valence-electron chi connectivity index (χ2n) is 6.05. The zero-order valence-corrected chi connectivity index (χ0v) is 14.6. The van der Waals surface area contributed by atoms with Gasteiger partial charge in [-0.15, -0.1) is 0 Å². The molecule has 2 aromatic carbocycles. The van der Waals surface area contributed by atoms with Crippen molar-refractivity contribution in [3.05, 3.63) is 65.9 Å². The summed E-state index contributed by atoms with van der Waals surface area (Å²) in [7, 11) is 3.43. The van der Waals surface area contributed by atoms with Gasteiger partial charge in [-0.05, 0) is 35.7 Å². The van der Waals surface area contributed by atoms with Crippen LogP contribution in [0.2, 0.25) is 0 Å². The fourth-order valence-electron chi connectivity index (χ4n) is 2.89. The van der Waals surface area contributed by atoms with E-state index in [2.05, 4.69) is 22.4 Å². The van der Waals surface area contributed by atoms with Crippen molar-refractivity contribution in [3.63, 3.8) is 0 Å². The predicted molar refractivity (Wildman–Crippen MR) is 99.9 cm³/mol. The van der Waals surface area contributed by atoms with E-state index in [-0.39, 0.29) is 6.03 Å². The summed E-state index contributed by atoms with van der Waals surface area (Å²) in [6, 6.07) is 15.9. The van der Waals surface area contributed by atoms with Gasteiger partial charge in [0.2, 0.25) is 0 Å². The van der Waals surface area contributed by atoms with Gasteiger partial charge >= 0.3 is 6.03 Å². The molecule has 130 valence electrons. The SMILES string of the molecule is COc1cccc(CN(C)C(=O)NCCc2c[nH]c3ccccc23)c1. The van der Waals surface area contributed by atoms with E-state index in [0.29, 0.717) is 13.1 Å². The quantitative estimate of drug-likeness (QED) is 0.722. The average molecular weight is 337 g/mol. The van der Waals surface area contributed by atoms with E-state index in [1.54, 1.807) is 19.1 Å². The van der Waals surface area contributed by atoms with Gasteiger partial charge in [-0.3, -0.25) is 0 Å². The van der Waals surface area contributed by atoms with Gasteiger partial charge in [0, 0.05) is 37.2 Å². The van der Waals surface area contributed by atoms with Gasteiger partial charge in [0.15, 0.2) is 0 Å². The van der Waals surface area contributed by atoms with Crippen LogP contribution in [0.1, 0.15) is 11.1 Å². The van der Waals surface area contributed by atoms with Crippen LogP contribution >= 0.6 is 0 Å². The van der Waals surface area contributed by atoms with Crippen LogP contribution in [0.15, 0.2) is 54.7 Å². The minimum atomic E-state index is -0.0809. The summed E-state index contributed by atoms with van der Waals surface area (Å²) >= 11 is 0. The minimum absolute atomic E-state index is 0.0809. The molecule has 0 radical (unpaired) electrons. The number of methoxy groups -OCH3 is 1. The van der Waals surface area contributed by atoms with E-state index in [1.165, 1.54) is 10.9 Å². The van der Waals surface area contributed by atoms with Crippen molar-refractivity contribution in [3.8, 4) is 5.75 Å². The molecule has 5 heteroatoms. The molecule has 0 aliphatic carbocycles. The summed E-state index contributed by atoms with van der Waals surface area (Å²) in [6.07, 6.45) is 2.81. The molecule has 25 heavy (non-hydrogen) atoms. The summed E-state index contributed by atoms with van der Waals surface area (Å²) in [5.74, 6) is 0.797. The second kappa shape index (κ2) is 7.75.